The Balaban J connectivity index is 1.34. The van der Waals surface area contributed by atoms with E-state index in [1.54, 1.807) is 0 Å². The number of piperidine rings is 1. The summed E-state index contributed by atoms with van der Waals surface area (Å²) in [6.07, 6.45) is 15.0. The molecule has 0 aromatic carbocycles. The summed E-state index contributed by atoms with van der Waals surface area (Å²) in [5, 5.41) is -0.745. The predicted octanol–water partition coefficient (Wildman–Crippen LogP) is 5.12. The number of carbonyl (C=O) groups is 1. The number of hydrogen-bond donors (Lipinski definition) is 0. The van der Waals surface area contributed by atoms with Crippen LogP contribution in [0.25, 0.3) is 0 Å². The zero-order valence-electron chi connectivity index (χ0n) is 21.5. The van der Waals surface area contributed by atoms with Crippen molar-refractivity contribution in [1.29, 1.82) is 0 Å². The van der Waals surface area contributed by atoms with Crippen LogP contribution in [0, 0.1) is 28.6 Å². The highest BCUT2D eigenvalue weighted by atomic mass is 32.2. The lowest BCUT2D eigenvalue weighted by Crippen LogP contribution is -2.68. The average Bonchev–Trinajstić information content (AvgIpc) is 3.58. The summed E-state index contributed by atoms with van der Waals surface area (Å²) in [7, 11) is -1.41. The van der Waals surface area contributed by atoms with Gasteiger partial charge in [-0.05, 0) is 87.4 Å². The number of hydrogen-bond acceptors (Lipinski definition) is 4. The van der Waals surface area contributed by atoms with Crippen molar-refractivity contribution in [2.24, 2.45) is 28.6 Å². The van der Waals surface area contributed by atoms with Crippen molar-refractivity contribution in [3.63, 3.8) is 0 Å². The lowest BCUT2D eigenvalue weighted by Gasteiger charge is -2.63. The maximum absolute atomic E-state index is 14.2. The van der Waals surface area contributed by atoms with E-state index in [-0.39, 0.29) is 34.4 Å². The molecular formula is C28H45NO4S. The summed E-state index contributed by atoms with van der Waals surface area (Å²) in [5.74, 6) is 1.64. The molecule has 0 aromatic rings. The second-order valence-electron chi connectivity index (χ2n) is 13.3. The molecule has 8 atom stereocenters. The number of fused-ring (bicyclic) bond motifs is 5. The monoisotopic (exact) mass is 491 g/mol. The molecule has 0 N–H and O–H groups in total. The molecule has 6 unspecified atom stereocenters. The van der Waals surface area contributed by atoms with Gasteiger partial charge in [0.05, 0.1) is 22.7 Å². The minimum Gasteiger partial charge on any atom is -0.374 e. The normalized spacial score (nSPS) is 47.7. The van der Waals surface area contributed by atoms with Gasteiger partial charge in [-0.2, -0.15) is 0 Å². The van der Waals surface area contributed by atoms with Crippen LogP contribution in [0.15, 0.2) is 0 Å². The molecular weight excluding hydrogens is 446 g/mol. The van der Waals surface area contributed by atoms with E-state index in [4.69, 9.17) is 4.74 Å². The zero-order valence-corrected chi connectivity index (χ0v) is 22.3. The van der Waals surface area contributed by atoms with Gasteiger partial charge in [0.25, 0.3) is 0 Å². The van der Waals surface area contributed by atoms with Gasteiger partial charge < -0.3 is 9.64 Å². The summed E-state index contributed by atoms with van der Waals surface area (Å²) in [4.78, 5) is 15.1. The first-order valence-corrected chi connectivity index (χ1v) is 15.9. The Morgan fingerprint density at radius 1 is 0.882 bits per heavy atom. The van der Waals surface area contributed by atoms with Crippen LogP contribution in [0.5, 0.6) is 0 Å². The van der Waals surface area contributed by atoms with E-state index in [0.29, 0.717) is 30.0 Å². The van der Waals surface area contributed by atoms with Gasteiger partial charge in [0.2, 0.25) is 5.91 Å². The largest absolute Gasteiger partial charge is 0.374 e. The Bertz CT molecular complexity index is 925. The average molecular weight is 492 g/mol. The highest BCUT2D eigenvalue weighted by Crippen LogP contribution is 2.66. The Hall–Kier alpha value is -0.620. The third-order valence-corrected chi connectivity index (χ3v) is 14.7. The van der Waals surface area contributed by atoms with Crippen LogP contribution in [0.2, 0.25) is 0 Å². The van der Waals surface area contributed by atoms with E-state index >= 15 is 0 Å². The molecule has 5 saturated carbocycles. The Kier molecular flexibility index (Phi) is 5.73. The first kappa shape index (κ1) is 23.8. The molecule has 34 heavy (non-hydrogen) atoms. The summed E-state index contributed by atoms with van der Waals surface area (Å²) >= 11 is 0. The van der Waals surface area contributed by atoms with Gasteiger partial charge in [0.15, 0.2) is 9.84 Å². The number of ether oxygens (including phenoxy) is 1. The molecule has 6 rings (SSSR count). The van der Waals surface area contributed by atoms with Crippen LogP contribution in [0.3, 0.4) is 0 Å². The van der Waals surface area contributed by atoms with Crippen molar-refractivity contribution in [3.8, 4) is 0 Å². The summed E-state index contributed by atoms with van der Waals surface area (Å²) < 4.78 is 35.0. The quantitative estimate of drug-likeness (QED) is 0.547. The van der Waals surface area contributed by atoms with Gasteiger partial charge in [-0.15, -0.1) is 0 Å². The van der Waals surface area contributed by atoms with Gasteiger partial charge in [-0.25, -0.2) is 8.42 Å². The summed E-state index contributed by atoms with van der Waals surface area (Å²) in [5.41, 5.74) is -0.0975. The van der Waals surface area contributed by atoms with Crippen molar-refractivity contribution in [3.05, 3.63) is 0 Å². The number of carbonyl (C=O) groups excluding carboxylic acids is 1. The molecule has 1 amide bonds. The molecule has 0 radical (unpaired) electrons. The number of rotatable bonds is 4. The third kappa shape index (κ3) is 3.39. The second kappa shape index (κ2) is 8.19. The zero-order chi connectivity index (χ0) is 23.9. The van der Waals surface area contributed by atoms with E-state index < -0.39 is 15.1 Å². The van der Waals surface area contributed by atoms with E-state index in [9.17, 15) is 13.2 Å². The van der Waals surface area contributed by atoms with Gasteiger partial charge in [0.1, 0.15) is 0 Å². The molecule has 1 heterocycles. The summed E-state index contributed by atoms with van der Waals surface area (Å²) in [6, 6.07) is 0.0580. The molecule has 1 aliphatic heterocycles. The van der Waals surface area contributed by atoms with Crippen molar-refractivity contribution in [2.45, 2.75) is 132 Å². The molecule has 0 spiro atoms. The lowest BCUT2D eigenvalue weighted by atomic mass is 9.47. The molecule has 0 bridgehead atoms. The van der Waals surface area contributed by atoms with Gasteiger partial charge >= 0.3 is 0 Å². The lowest BCUT2D eigenvalue weighted by molar-refractivity contribution is -0.161. The molecule has 5 nitrogen and oxygen atoms in total. The van der Waals surface area contributed by atoms with Gasteiger partial charge in [-0.1, -0.05) is 33.1 Å². The fourth-order valence-electron chi connectivity index (χ4n) is 9.84. The number of nitrogens with zero attached hydrogens (tertiary/aromatic N) is 1. The molecule has 6 fully saturated rings. The number of likely N-dealkylation sites (tertiary alicyclic amines) is 1. The molecule has 192 valence electrons. The Morgan fingerprint density at radius 3 is 2.32 bits per heavy atom. The highest BCUT2D eigenvalue weighted by Gasteiger charge is 2.66. The van der Waals surface area contributed by atoms with E-state index in [2.05, 4.69) is 13.8 Å². The Labute approximate surface area is 206 Å². The molecule has 6 heteroatoms. The van der Waals surface area contributed by atoms with E-state index in [1.165, 1.54) is 25.7 Å². The van der Waals surface area contributed by atoms with Crippen LogP contribution in [-0.4, -0.2) is 55.0 Å². The topological polar surface area (TPSA) is 63.7 Å². The first-order chi connectivity index (χ1) is 16.2. The number of sulfone groups is 1. The van der Waals surface area contributed by atoms with Crippen LogP contribution in [0.4, 0.5) is 0 Å². The number of amides is 1. The maximum Gasteiger partial charge on any atom is 0.223 e. The minimum atomic E-state index is -3.35. The van der Waals surface area contributed by atoms with Gasteiger partial charge in [-0.3, -0.25) is 4.79 Å². The minimum absolute atomic E-state index is 0.0460. The third-order valence-electron chi connectivity index (χ3n) is 11.8. The standard InChI is InChI=1S/C28H45NO4S/c1-27-16-15-22-20(21(27)12-14-24(27)33-18-9-10-18)11-13-23-28(22,2)25(17-26(30)29(23)3)34(31,32)19-7-5-4-6-8-19/h18-25H,4-17H2,1-3H3/t20?,21?,22?,23-,24+,25?,27?,28?/m1/s1. The van der Waals surface area contributed by atoms with Crippen LogP contribution in [0.1, 0.15) is 104 Å². The van der Waals surface area contributed by atoms with Crippen LogP contribution in [-0.2, 0) is 19.4 Å². The molecule has 5 aliphatic carbocycles. The van der Waals surface area contributed by atoms with Crippen LogP contribution >= 0.6 is 0 Å². The highest BCUT2D eigenvalue weighted by molar-refractivity contribution is 7.92. The molecule has 1 saturated heterocycles. The maximum atomic E-state index is 14.2. The van der Waals surface area contributed by atoms with Crippen molar-refractivity contribution >= 4 is 15.7 Å². The second-order valence-corrected chi connectivity index (χ2v) is 15.7. The fourth-order valence-corrected chi connectivity index (χ4v) is 12.7. The van der Waals surface area contributed by atoms with E-state index in [1.807, 2.05) is 11.9 Å². The summed E-state index contributed by atoms with van der Waals surface area (Å²) in [6.45, 7) is 4.77. The smallest absolute Gasteiger partial charge is 0.223 e. The van der Waals surface area contributed by atoms with E-state index in [0.717, 1.165) is 57.8 Å². The van der Waals surface area contributed by atoms with Crippen molar-refractivity contribution < 1.29 is 17.9 Å². The van der Waals surface area contributed by atoms with Crippen LogP contribution < -0.4 is 0 Å². The fraction of sp³-hybridized carbons (Fsp3) is 0.964. The predicted molar refractivity (Wildman–Crippen MR) is 133 cm³/mol. The van der Waals surface area contributed by atoms with Crippen molar-refractivity contribution in [1.82, 2.24) is 4.90 Å². The van der Waals surface area contributed by atoms with Gasteiger partial charge in [0, 0.05) is 24.9 Å². The SMILES string of the molecule is CN1C(=O)CC(S(=O)(=O)C2CCCCC2)C2(C)C3CCC4(C)C(CC[C@@H]4OC4CC4)C3CC[C@@H]12. The van der Waals surface area contributed by atoms with Crippen molar-refractivity contribution in [2.75, 3.05) is 7.05 Å². The molecule has 0 aromatic heterocycles. The molecule has 6 aliphatic rings. The first-order valence-electron chi connectivity index (χ1n) is 14.3. The Morgan fingerprint density at radius 2 is 1.62 bits per heavy atom.